The predicted molar refractivity (Wildman–Crippen MR) is 72.1 cm³/mol. The molecule has 4 rings (SSSR count). The smallest absolute Gasteiger partial charge is 0.0517 e. The first-order valence-corrected chi connectivity index (χ1v) is 7.76. The molecule has 0 aromatic rings. The summed E-state index contributed by atoms with van der Waals surface area (Å²) < 4.78 is 0. The lowest BCUT2D eigenvalue weighted by Gasteiger charge is -2.64. The first kappa shape index (κ1) is 12.9. The van der Waals surface area contributed by atoms with E-state index in [1.165, 1.54) is 38.5 Å². The van der Waals surface area contributed by atoms with Gasteiger partial charge in [0.1, 0.15) is 0 Å². The summed E-state index contributed by atoms with van der Waals surface area (Å²) >= 11 is 0. The zero-order chi connectivity index (χ0) is 13.0. The minimum absolute atomic E-state index is 0.164. The van der Waals surface area contributed by atoms with Gasteiger partial charge in [-0.1, -0.05) is 6.92 Å². The topological polar surface area (TPSA) is 40.5 Å². The van der Waals surface area contributed by atoms with Gasteiger partial charge in [-0.2, -0.15) is 0 Å². The van der Waals surface area contributed by atoms with Crippen molar-refractivity contribution in [2.24, 2.45) is 28.6 Å². The van der Waals surface area contributed by atoms with E-state index in [4.69, 9.17) is 0 Å². The SMILES string of the molecule is CC(O)CC12CC3CC(C1)CC(C(C)CO)(C3)C2. The summed E-state index contributed by atoms with van der Waals surface area (Å²) in [5.41, 5.74) is 0.801. The third-order valence-electron chi connectivity index (χ3n) is 6.28. The Morgan fingerprint density at radius 1 is 1.11 bits per heavy atom. The van der Waals surface area contributed by atoms with Crippen molar-refractivity contribution in [3.63, 3.8) is 0 Å². The van der Waals surface area contributed by atoms with E-state index >= 15 is 0 Å². The van der Waals surface area contributed by atoms with Crippen LogP contribution in [-0.2, 0) is 0 Å². The van der Waals surface area contributed by atoms with Gasteiger partial charge >= 0.3 is 0 Å². The van der Waals surface area contributed by atoms with Crippen LogP contribution in [0.3, 0.4) is 0 Å². The maximum atomic E-state index is 9.84. The fraction of sp³-hybridized carbons (Fsp3) is 1.00. The first-order valence-electron chi connectivity index (χ1n) is 7.76. The van der Waals surface area contributed by atoms with Gasteiger partial charge in [0, 0.05) is 6.61 Å². The zero-order valence-corrected chi connectivity index (χ0v) is 11.9. The number of hydrogen-bond donors (Lipinski definition) is 2. The van der Waals surface area contributed by atoms with Crippen molar-refractivity contribution >= 4 is 0 Å². The van der Waals surface area contributed by atoms with Crippen molar-refractivity contribution in [2.75, 3.05) is 6.61 Å². The van der Waals surface area contributed by atoms with E-state index in [0.29, 0.717) is 23.4 Å². The van der Waals surface area contributed by atoms with Crippen molar-refractivity contribution in [1.29, 1.82) is 0 Å². The molecule has 104 valence electrons. The maximum absolute atomic E-state index is 9.84. The Morgan fingerprint density at radius 3 is 2.22 bits per heavy atom. The lowest BCUT2D eigenvalue weighted by molar-refractivity contribution is -0.150. The molecule has 0 heterocycles. The van der Waals surface area contributed by atoms with Crippen LogP contribution in [0.2, 0.25) is 0 Å². The van der Waals surface area contributed by atoms with Crippen LogP contribution in [0, 0.1) is 28.6 Å². The summed E-state index contributed by atoms with van der Waals surface area (Å²) in [5, 5.41) is 19.5. The molecule has 0 radical (unpaired) electrons. The highest BCUT2D eigenvalue weighted by Gasteiger charge is 2.58. The van der Waals surface area contributed by atoms with Gasteiger partial charge in [-0.05, 0) is 80.5 Å². The van der Waals surface area contributed by atoms with Gasteiger partial charge in [-0.3, -0.25) is 0 Å². The van der Waals surface area contributed by atoms with Crippen LogP contribution in [0.5, 0.6) is 0 Å². The molecule has 4 aliphatic rings. The molecule has 0 aliphatic heterocycles. The van der Waals surface area contributed by atoms with E-state index in [-0.39, 0.29) is 6.10 Å². The Bertz CT molecular complexity index is 304. The molecule has 4 bridgehead atoms. The van der Waals surface area contributed by atoms with Gasteiger partial charge < -0.3 is 10.2 Å². The standard InChI is InChI=1S/C16H28O2/c1-11(9-17)16-7-13-3-14(8-16)6-15(5-13,10-16)4-12(2)18/h11-14,17-18H,3-10H2,1-2H3. The number of aliphatic hydroxyl groups is 2. The lowest BCUT2D eigenvalue weighted by Crippen LogP contribution is -2.55. The van der Waals surface area contributed by atoms with Crippen molar-refractivity contribution in [3.05, 3.63) is 0 Å². The second-order valence-corrected chi connectivity index (χ2v) is 7.96. The molecule has 0 aromatic carbocycles. The fourth-order valence-electron chi connectivity index (χ4n) is 6.16. The van der Waals surface area contributed by atoms with E-state index < -0.39 is 0 Å². The third kappa shape index (κ3) is 1.92. The predicted octanol–water partition coefficient (Wildman–Crippen LogP) is 2.97. The molecular weight excluding hydrogens is 224 g/mol. The van der Waals surface area contributed by atoms with Gasteiger partial charge in [0.05, 0.1) is 6.10 Å². The average Bonchev–Trinajstić information content (AvgIpc) is 2.24. The van der Waals surface area contributed by atoms with Gasteiger partial charge in [0.15, 0.2) is 0 Å². The van der Waals surface area contributed by atoms with Crippen LogP contribution in [0.15, 0.2) is 0 Å². The summed E-state index contributed by atoms with van der Waals surface area (Å²) in [6, 6.07) is 0. The quantitative estimate of drug-likeness (QED) is 0.807. The van der Waals surface area contributed by atoms with Crippen molar-refractivity contribution in [3.8, 4) is 0 Å². The molecule has 4 aliphatic carbocycles. The molecule has 4 unspecified atom stereocenters. The molecule has 4 fully saturated rings. The minimum Gasteiger partial charge on any atom is -0.396 e. The van der Waals surface area contributed by atoms with E-state index in [0.717, 1.165) is 18.3 Å². The highest BCUT2D eigenvalue weighted by atomic mass is 16.3. The number of aliphatic hydroxyl groups excluding tert-OH is 2. The second kappa shape index (κ2) is 4.21. The van der Waals surface area contributed by atoms with E-state index in [9.17, 15) is 10.2 Å². The van der Waals surface area contributed by atoms with E-state index in [1.54, 1.807) is 0 Å². The summed E-state index contributed by atoms with van der Waals surface area (Å²) in [7, 11) is 0. The third-order valence-corrected chi connectivity index (χ3v) is 6.28. The molecule has 0 aromatic heterocycles. The second-order valence-electron chi connectivity index (χ2n) is 7.96. The van der Waals surface area contributed by atoms with Crippen molar-refractivity contribution < 1.29 is 10.2 Å². The molecule has 18 heavy (non-hydrogen) atoms. The van der Waals surface area contributed by atoms with Crippen LogP contribution in [0.25, 0.3) is 0 Å². The maximum Gasteiger partial charge on any atom is 0.0517 e. The summed E-state index contributed by atoms with van der Waals surface area (Å²) in [5.74, 6) is 2.19. The molecule has 4 saturated carbocycles. The Kier molecular flexibility index (Phi) is 3.02. The van der Waals surface area contributed by atoms with Crippen LogP contribution in [-0.4, -0.2) is 22.9 Å². The Morgan fingerprint density at radius 2 is 1.72 bits per heavy atom. The average molecular weight is 252 g/mol. The Balaban J connectivity index is 1.88. The van der Waals surface area contributed by atoms with E-state index in [1.807, 2.05) is 6.92 Å². The monoisotopic (exact) mass is 252 g/mol. The Labute approximate surface area is 111 Å². The Hall–Kier alpha value is -0.0800. The van der Waals surface area contributed by atoms with Gasteiger partial charge in [-0.15, -0.1) is 0 Å². The van der Waals surface area contributed by atoms with Crippen LogP contribution < -0.4 is 0 Å². The molecule has 0 spiro atoms. The fourth-order valence-corrected chi connectivity index (χ4v) is 6.16. The molecule has 0 saturated heterocycles. The molecule has 0 amide bonds. The van der Waals surface area contributed by atoms with Gasteiger partial charge in [0.25, 0.3) is 0 Å². The summed E-state index contributed by atoms with van der Waals surface area (Å²) in [4.78, 5) is 0. The van der Waals surface area contributed by atoms with Crippen molar-refractivity contribution in [2.45, 2.75) is 64.9 Å². The molecule has 4 atom stereocenters. The van der Waals surface area contributed by atoms with Crippen molar-refractivity contribution in [1.82, 2.24) is 0 Å². The number of hydrogen-bond acceptors (Lipinski definition) is 2. The largest absolute Gasteiger partial charge is 0.396 e. The normalized spacial score (nSPS) is 49.3. The molecule has 2 heteroatoms. The summed E-state index contributed by atoms with van der Waals surface area (Å²) in [6.07, 6.45) is 8.87. The molecule has 2 nitrogen and oxygen atoms in total. The molecular formula is C16H28O2. The van der Waals surface area contributed by atoms with E-state index in [2.05, 4.69) is 6.92 Å². The van der Waals surface area contributed by atoms with Crippen LogP contribution in [0.1, 0.15) is 58.8 Å². The van der Waals surface area contributed by atoms with Crippen LogP contribution in [0.4, 0.5) is 0 Å². The minimum atomic E-state index is -0.164. The summed E-state index contributed by atoms with van der Waals surface area (Å²) in [6.45, 7) is 4.52. The lowest BCUT2D eigenvalue weighted by atomic mass is 9.41. The number of rotatable bonds is 4. The molecule has 2 N–H and O–H groups in total. The highest BCUT2D eigenvalue weighted by molar-refractivity contribution is 5.09. The van der Waals surface area contributed by atoms with Crippen LogP contribution >= 0.6 is 0 Å². The zero-order valence-electron chi connectivity index (χ0n) is 11.9. The van der Waals surface area contributed by atoms with Gasteiger partial charge in [0.2, 0.25) is 0 Å². The van der Waals surface area contributed by atoms with Gasteiger partial charge in [-0.25, -0.2) is 0 Å². The first-order chi connectivity index (χ1) is 8.47. The highest BCUT2D eigenvalue weighted by Crippen LogP contribution is 2.68.